The molecule has 2 amide bonds. The van der Waals surface area contributed by atoms with Crippen LogP contribution < -0.4 is 10.1 Å². The van der Waals surface area contributed by atoms with Crippen molar-refractivity contribution in [2.24, 2.45) is 5.41 Å². The molecule has 1 heterocycles. The molecule has 0 aliphatic carbocycles. The van der Waals surface area contributed by atoms with Crippen molar-refractivity contribution in [3.63, 3.8) is 0 Å². The number of amides is 2. The number of hydrogen-bond donors (Lipinski definition) is 1. The van der Waals surface area contributed by atoms with Gasteiger partial charge in [-0.3, -0.25) is 9.59 Å². The summed E-state index contributed by atoms with van der Waals surface area (Å²) in [5, 5.41) is 2.89. The molecule has 3 rings (SSSR count). The SMILES string of the molecule is CCCNC(=O)[C@@H](CC)Oc1ccc2c(c1)[C@@H](c1ccc(F)cc1)N(C(=O)C(C)(C)C)CC2. The van der Waals surface area contributed by atoms with E-state index < -0.39 is 11.5 Å². The minimum absolute atomic E-state index is 0.0409. The number of ether oxygens (including phenoxy) is 1. The fourth-order valence-electron chi connectivity index (χ4n) is 4.17. The molecule has 2 aromatic rings. The Hall–Kier alpha value is -2.89. The average Bonchev–Trinajstić information content (AvgIpc) is 2.79. The molecule has 0 spiro atoms. The molecule has 0 bridgehead atoms. The second kappa shape index (κ2) is 10.4. The Morgan fingerprint density at radius 2 is 1.85 bits per heavy atom. The third kappa shape index (κ3) is 5.73. The van der Waals surface area contributed by atoms with Crippen LogP contribution in [0.15, 0.2) is 42.5 Å². The number of nitrogens with one attached hydrogen (secondary N) is 1. The van der Waals surface area contributed by atoms with Gasteiger partial charge in [0.05, 0.1) is 6.04 Å². The predicted octanol–water partition coefficient (Wildman–Crippen LogP) is 5.03. The lowest BCUT2D eigenvalue weighted by atomic mass is 9.85. The number of carbonyl (C=O) groups excluding carboxylic acids is 2. The van der Waals surface area contributed by atoms with Crippen LogP contribution in [0.2, 0.25) is 0 Å². The monoisotopic (exact) mass is 454 g/mol. The molecule has 2 aromatic carbocycles. The second-order valence-corrected chi connectivity index (χ2v) is 9.62. The number of carbonyl (C=O) groups is 2. The Balaban J connectivity index is 2.00. The third-order valence-corrected chi connectivity index (χ3v) is 5.92. The van der Waals surface area contributed by atoms with Crippen LogP contribution in [0.4, 0.5) is 4.39 Å². The van der Waals surface area contributed by atoms with Crippen LogP contribution in [0.5, 0.6) is 5.75 Å². The number of rotatable bonds is 7. The normalized spacial score (nSPS) is 16.7. The maximum atomic E-state index is 13.7. The smallest absolute Gasteiger partial charge is 0.261 e. The zero-order valence-corrected chi connectivity index (χ0v) is 20.3. The van der Waals surface area contributed by atoms with Crippen LogP contribution in [-0.2, 0) is 16.0 Å². The number of benzene rings is 2. The number of hydrogen-bond acceptors (Lipinski definition) is 3. The molecular formula is C27H35FN2O3. The maximum Gasteiger partial charge on any atom is 0.261 e. The van der Waals surface area contributed by atoms with Gasteiger partial charge in [-0.25, -0.2) is 4.39 Å². The van der Waals surface area contributed by atoms with E-state index >= 15 is 0 Å². The van der Waals surface area contributed by atoms with E-state index in [2.05, 4.69) is 5.32 Å². The first-order chi connectivity index (χ1) is 15.7. The summed E-state index contributed by atoms with van der Waals surface area (Å²) in [5.41, 5.74) is 2.37. The zero-order valence-electron chi connectivity index (χ0n) is 20.3. The molecule has 0 unspecified atom stereocenters. The van der Waals surface area contributed by atoms with Gasteiger partial charge in [-0.15, -0.1) is 0 Å². The Kier molecular flexibility index (Phi) is 7.77. The van der Waals surface area contributed by atoms with Gasteiger partial charge in [0.25, 0.3) is 5.91 Å². The largest absolute Gasteiger partial charge is 0.481 e. The molecule has 0 saturated carbocycles. The topological polar surface area (TPSA) is 58.6 Å². The van der Waals surface area contributed by atoms with Crippen molar-refractivity contribution in [2.45, 2.75) is 66.0 Å². The summed E-state index contributed by atoms with van der Waals surface area (Å²) in [6.45, 7) is 10.8. The molecule has 1 N–H and O–H groups in total. The second-order valence-electron chi connectivity index (χ2n) is 9.62. The fourth-order valence-corrected chi connectivity index (χ4v) is 4.17. The quantitative estimate of drug-likeness (QED) is 0.638. The summed E-state index contributed by atoms with van der Waals surface area (Å²) in [6, 6.07) is 11.8. The minimum Gasteiger partial charge on any atom is -0.481 e. The van der Waals surface area contributed by atoms with E-state index in [4.69, 9.17) is 4.74 Å². The summed E-state index contributed by atoms with van der Waals surface area (Å²) >= 11 is 0. The Morgan fingerprint density at radius 1 is 1.15 bits per heavy atom. The van der Waals surface area contributed by atoms with Crippen LogP contribution >= 0.6 is 0 Å². The first-order valence-electron chi connectivity index (χ1n) is 11.8. The Bertz CT molecular complexity index is 982. The van der Waals surface area contributed by atoms with Gasteiger partial charge in [-0.05, 0) is 60.2 Å². The molecule has 6 heteroatoms. The van der Waals surface area contributed by atoms with Gasteiger partial charge in [0.15, 0.2) is 6.10 Å². The highest BCUT2D eigenvalue weighted by Crippen LogP contribution is 2.39. The minimum atomic E-state index is -0.588. The highest BCUT2D eigenvalue weighted by molar-refractivity contribution is 5.83. The van der Waals surface area contributed by atoms with Crippen molar-refractivity contribution in [1.29, 1.82) is 0 Å². The number of halogens is 1. The summed E-state index contributed by atoms with van der Waals surface area (Å²) in [5.74, 6) is 0.185. The van der Waals surface area contributed by atoms with Gasteiger partial charge in [0.2, 0.25) is 5.91 Å². The Labute approximate surface area is 196 Å². The first-order valence-corrected chi connectivity index (χ1v) is 11.8. The molecule has 33 heavy (non-hydrogen) atoms. The van der Waals surface area contributed by atoms with E-state index in [1.54, 1.807) is 12.1 Å². The molecular weight excluding hydrogens is 419 g/mol. The summed E-state index contributed by atoms with van der Waals surface area (Å²) in [6.07, 6.45) is 1.54. The highest BCUT2D eigenvalue weighted by Gasteiger charge is 2.37. The molecule has 0 fully saturated rings. The maximum absolute atomic E-state index is 13.7. The molecule has 0 saturated heterocycles. The highest BCUT2D eigenvalue weighted by atomic mass is 19.1. The summed E-state index contributed by atoms with van der Waals surface area (Å²) in [7, 11) is 0. The van der Waals surface area contributed by atoms with E-state index in [0.29, 0.717) is 25.3 Å². The summed E-state index contributed by atoms with van der Waals surface area (Å²) < 4.78 is 19.7. The van der Waals surface area contributed by atoms with Gasteiger partial charge in [-0.2, -0.15) is 0 Å². The van der Waals surface area contributed by atoms with Crippen molar-refractivity contribution >= 4 is 11.8 Å². The predicted molar refractivity (Wildman–Crippen MR) is 128 cm³/mol. The van der Waals surface area contributed by atoms with Crippen LogP contribution in [-0.4, -0.2) is 35.9 Å². The van der Waals surface area contributed by atoms with Crippen LogP contribution in [0.25, 0.3) is 0 Å². The van der Waals surface area contributed by atoms with E-state index in [0.717, 1.165) is 29.5 Å². The lowest BCUT2D eigenvalue weighted by Crippen LogP contribution is -2.45. The van der Waals surface area contributed by atoms with E-state index in [1.807, 2.05) is 57.7 Å². The average molecular weight is 455 g/mol. The van der Waals surface area contributed by atoms with E-state index in [-0.39, 0.29) is 23.7 Å². The summed E-state index contributed by atoms with van der Waals surface area (Å²) in [4.78, 5) is 27.7. The third-order valence-electron chi connectivity index (χ3n) is 5.92. The molecule has 178 valence electrons. The van der Waals surface area contributed by atoms with Crippen molar-refractivity contribution in [2.75, 3.05) is 13.1 Å². The number of nitrogens with zero attached hydrogens (tertiary/aromatic N) is 1. The van der Waals surface area contributed by atoms with Crippen molar-refractivity contribution in [1.82, 2.24) is 10.2 Å². The molecule has 1 aliphatic heterocycles. The van der Waals surface area contributed by atoms with Crippen LogP contribution in [0, 0.1) is 11.2 Å². The Morgan fingerprint density at radius 3 is 2.45 bits per heavy atom. The van der Waals surface area contributed by atoms with Crippen LogP contribution in [0.3, 0.4) is 0 Å². The van der Waals surface area contributed by atoms with E-state index in [1.165, 1.54) is 12.1 Å². The van der Waals surface area contributed by atoms with E-state index in [9.17, 15) is 14.0 Å². The van der Waals surface area contributed by atoms with Gasteiger partial charge in [0, 0.05) is 18.5 Å². The zero-order chi connectivity index (χ0) is 24.2. The molecule has 2 atom stereocenters. The van der Waals surface area contributed by atoms with Crippen molar-refractivity contribution in [3.05, 3.63) is 65.0 Å². The van der Waals surface area contributed by atoms with Gasteiger partial charge < -0.3 is 15.0 Å². The van der Waals surface area contributed by atoms with Gasteiger partial charge >= 0.3 is 0 Å². The molecule has 0 radical (unpaired) electrons. The molecule has 0 aromatic heterocycles. The lowest BCUT2D eigenvalue weighted by molar-refractivity contribution is -0.141. The molecule has 5 nitrogen and oxygen atoms in total. The van der Waals surface area contributed by atoms with Crippen LogP contribution in [0.1, 0.15) is 70.2 Å². The van der Waals surface area contributed by atoms with Gasteiger partial charge in [-0.1, -0.05) is 52.8 Å². The fraction of sp³-hybridized carbons (Fsp3) is 0.481. The lowest BCUT2D eigenvalue weighted by Gasteiger charge is -2.41. The molecule has 1 aliphatic rings. The number of fused-ring (bicyclic) bond motifs is 1. The first kappa shape index (κ1) is 24.7. The van der Waals surface area contributed by atoms with Gasteiger partial charge in [0.1, 0.15) is 11.6 Å². The van der Waals surface area contributed by atoms with Crippen molar-refractivity contribution in [3.8, 4) is 5.75 Å². The van der Waals surface area contributed by atoms with Crippen molar-refractivity contribution < 1.29 is 18.7 Å². The standard InChI is InChI=1S/C27H35FN2O3/c1-6-15-29-25(31)23(7-2)33-21-13-10-18-14-16-30(26(32)27(3,4)5)24(22(18)17-21)19-8-11-20(28)12-9-19/h8-13,17,23-24H,6-7,14-16H2,1-5H3,(H,29,31)/t23-,24-/m1/s1.